The summed E-state index contributed by atoms with van der Waals surface area (Å²) in [5, 5.41) is 0. The van der Waals surface area contributed by atoms with Gasteiger partial charge in [0, 0.05) is 0 Å². The Kier molecular flexibility index (Phi) is 56.6. The molecule has 251 valence electrons. The van der Waals surface area contributed by atoms with Crippen LogP contribution in [0.2, 0.25) is 8.79 Å². The minimum atomic E-state index is 0.379. The second-order valence-corrected chi connectivity index (χ2v) is 16.6. The zero-order chi connectivity index (χ0) is 33.5. The molecule has 0 saturated heterocycles. The molecule has 0 rings (SSSR count). The Bertz CT molecular complexity index is 458. The number of hydrogen-bond acceptors (Lipinski definition) is 2. The van der Waals surface area contributed by atoms with Gasteiger partial charge in [0.05, 0.1) is 0 Å². The third kappa shape index (κ3) is 50.0. The first-order valence-corrected chi connectivity index (χ1v) is 20.2. The Balaban J connectivity index is -0.000000187. The van der Waals surface area contributed by atoms with Crippen LogP contribution < -0.4 is 0 Å². The van der Waals surface area contributed by atoms with Crippen molar-refractivity contribution >= 4 is 40.4 Å². The number of allylic oxidation sites excluding steroid dienone is 1. The summed E-state index contributed by atoms with van der Waals surface area (Å²) in [6, 6.07) is 0. The van der Waals surface area contributed by atoms with Gasteiger partial charge in [-0.2, -0.15) is 0 Å². The molecule has 0 amide bonds. The van der Waals surface area contributed by atoms with Crippen LogP contribution in [0.3, 0.4) is 0 Å². The van der Waals surface area contributed by atoms with E-state index in [4.69, 9.17) is 12.6 Å². The Labute approximate surface area is 286 Å². The Morgan fingerprint density at radius 2 is 1.07 bits per heavy atom. The molecule has 0 fully saturated rings. The second-order valence-electron chi connectivity index (χ2n) is 12.2. The average molecular weight is 786 g/mol. The van der Waals surface area contributed by atoms with E-state index < -0.39 is 0 Å². The molecule has 0 heterocycles. The van der Waals surface area contributed by atoms with Crippen molar-refractivity contribution in [1.82, 2.24) is 4.90 Å². The van der Waals surface area contributed by atoms with Crippen molar-refractivity contribution in [3.8, 4) is 0 Å². The van der Waals surface area contributed by atoms with Gasteiger partial charge in [-0.3, -0.25) is 0 Å². The van der Waals surface area contributed by atoms with Crippen LogP contribution in [0, 0.1) is 5.92 Å². The number of carbonyl (C=O) groups excluding carboxylic acids is 1. The van der Waals surface area contributed by atoms with E-state index in [1.165, 1.54) is 167 Å². The van der Waals surface area contributed by atoms with E-state index in [1.54, 1.807) is 0 Å². The molecule has 3 atom stereocenters. The van der Waals surface area contributed by atoms with E-state index in [0.29, 0.717) is 14.7 Å². The van der Waals surface area contributed by atoms with Gasteiger partial charge in [-0.25, -0.2) is 0 Å². The normalized spacial score (nSPS) is 13.0. The van der Waals surface area contributed by atoms with Crippen molar-refractivity contribution in [2.24, 2.45) is 5.92 Å². The van der Waals surface area contributed by atoms with E-state index in [1.807, 2.05) is 20.6 Å². The first-order chi connectivity index (χ1) is 20.1. The number of rotatable bonds is 24. The topological polar surface area (TPSA) is 20.3 Å². The van der Waals surface area contributed by atoms with Gasteiger partial charge in [-0.1, -0.05) is 150 Å². The monoisotopic (exact) mass is 787 g/mol. The summed E-state index contributed by atoms with van der Waals surface area (Å²) in [6.07, 6.45) is 30.5. The van der Waals surface area contributed by atoms with Gasteiger partial charge in [-0.05, 0) is 38.9 Å². The third-order valence-electron chi connectivity index (χ3n) is 7.83. The number of nitrogens with zero attached hydrogens (tertiary/aromatic N) is 1. The van der Waals surface area contributed by atoms with Crippen LogP contribution in [0.5, 0.6) is 0 Å². The summed E-state index contributed by atoms with van der Waals surface area (Å²) in [6.45, 7) is 27.8. The molecule has 4 heteroatoms. The quantitative estimate of drug-likeness (QED) is 0.0552. The molecule has 0 saturated carbocycles. The summed E-state index contributed by atoms with van der Waals surface area (Å²) in [5.41, 5.74) is 0. The van der Waals surface area contributed by atoms with Gasteiger partial charge >= 0.3 is 76.0 Å². The molecule has 0 spiro atoms. The predicted molar refractivity (Wildman–Crippen MR) is 200 cm³/mol. The van der Waals surface area contributed by atoms with Crippen molar-refractivity contribution in [2.45, 2.75) is 200 Å². The van der Waals surface area contributed by atoms with Crippen molar-refractivity contribution in [1.29, 1.82) is 0 Å². The van der Waals surface area contributed by atoms with Gasteiger partial charge in [-0.15, -0.1) is 6.58 Å². The van der Waals surface area contributed by atoms with Crippen LogP contribution in [-0.4, -0.2) is 65.4 Å². The summed E-state index contributed by atoms with van der Waals surface area (Å²) >= 11 is 1.22. The van der Waals surface area contributed by atoms with Crippen LogP contribution in [-0.2, 0) is 4.79 Å². The fourth-order valence-electron chi connectivity index (χ4n) is 4.42. The number of unbranched alkanes of at least 4 members (excludes halogenated alkanes) is 15. The predicted octanol–water partition coefficient (Wildman–Crippen LogP) is 12.8. The minimum absolute atomic E-state index is 0.379. The molecular weight excluding hydrogens is 704 g/mol. The zero-order valence-electron chi connectivity index (χ0n) is 31.1. The Morgan fingerprint density at radius 1 is 0.714 bits per heavy atom. The van der Waals surface area contributed by atoms with Crippen molar-refractivity contribution in [2.75, 3.05) is 20.1 Å². The first-order valence-electron chi connectivity index (χ1n) is 18.2. The fourth-order valence-corrected chi connectivity index (χ4v) is 5.39. The molecule has 0 aromatic rings. The second kappa shape index (κ2) is 45.8. The molecule has 0 aliphatic rings. The summed E-state index contributed by atoms with van der Waals surface area (Å²) in [5.74, 6) is 1.09. The van der Waals surface area contributed by atoms with Crippen molar-refractivity contribution < 1.29 is 4.79 Å². The molecular formula is C38H81BNOPb. The molecule has 5 radical (unpaired) electrons. The fraction of sp³-hybridized carbons (Fsp3) is 0.921. The maximum absolute atomic E-state index is 8.00. The van der Waals surface area contributed by atoms with Crippen LogP contribution in [0.1, 0.15) is 191 Å². The van der Waals surface area contributed by atoms with E-state index in [9.17, 15) is 0 Å². The van der Waals surface area contributed by atoms with Crippen LogP contribution >= 0.6 is 0 Å². The number of carbonyl (C=O) groups is 1. The molecule has 0 N–H and O–H groups in total. The van der Waals surface area contributed by atoms with Gasteiger partial charge in [0.25, 0.3) is 0 Å². The van der Waals surface area contributed by atoms with Gasteiger partial charge in [0.2, 0.25) is 0 Å². The molecule has 2 nitrogen and oxygen atoms in total. The van der Waals surface area contributed by atoms with E-state index in [2.05, 4.69) is 73.1 Å². The van der Waals surface area contributed by atoms with Gasteiger partial charge in [0.1, 0.15) is 6.79 Å². The summed E-state index contributed by atoms with van der Waals surface area (Å²) in [7, 11) is 7.93. The van der Waals surface area contributed by atoms with Gasteiger partial charge in [0.15, 0.2) is 0 Å². The Morgan fingerprint density at radius 3 is 1.29 bits per heavy atom. The van der Waals surface area contributed by atoms with E-state index >= 15 is 0 Å². The summed E-state index contributed by atoms with van der Waals surface area (Å²) < 4.78 is 0.467. The SMILES string of the molecule is C=CC(C)CCCCCCCCCCCCCCCCCC.C=O.CC.CCCN(C)CC.[B]C(C)[C](C)([Pb])CCC. The molecule has 0 aliphatic heterocycles. The van der Waals surface area contributed by atoms with Crippen LogP contribution in [0.25, 0.3) is 0 Å². The molecule has 0 aliphatic carbocycles. The third-order valence-corrected chi connectivity index (χ3v) is 10.6. The maximum atomic E-state index is 8.00. The molecule has 0 aromatic heterocycles. The van der Waals surface area contributed by atoms with Gasteiger partial charge < -0.3 is 9.69 Å². The zero-order valence-corrected chi connectivity index (χ0v) is 35.0. The van der Waals surface area contributed by atoms with E-state index in [-0.39, 0.29) is 0 Å². The molecule has 3 unspecified atom stereocenters. The first kappa shape index (κ1) is 51.9. The molecule has 0 bridgehead atoms. The Hall–Kier alpha value is 0.357. The number of hydrogen-bond donors (Lipinski definition) is 0. The molecule has 42 heavy (non-hydrogen) atoms. The summed E-state index contributed by atoms with van der Waals surface area (Å²) in [4.78, 5) is 10.3. The van der Waals surface area contributed by atoms with E-state index in [0.717, 1.165) is 0 Å². The van der Waals surface area contributed by atoms with Crippen LogP contribution in [0.4, 0.5) is 0 Å². The average Bonchev–Trinajstić information content (AvgIpc) is 2.99. The van der Waals surface area contributed by atoms with Crippen molar-refractivity contribution in [3.63, 3.8) is 0 Å². The standard InChI is InChI=1S/C22H44.C7H14B.C6H15N.C2H6.CH2O.Pb/c1-4-6-7-8-9-10-11-12-13-14-15-16-17-18-19-20-21-22(3)5-2;1-4-5-6(2)7(3)8;1-4-6-7(3)5-2;2*1-2;/h5,22H,2,4,6-21H2,1,3H3;7H,4-5H2,1-3H3;4-6H2,1-3H3;1-2H3;1H2;. The molecule has 0 aromatic carbocycles. The van der Waals surface area contributed by atoms with Crippen LogP contribution in [0.15, 0.2) is 12.7 Å². The van der Waals surface area contributed by atoms with Crippen molar-refractivity contribution in [3.05, 3.63) is 12.7 Å².